The third-order valence-corrected chi connectivity index (χ3v) is 3.88. The molecule has 0 amide bonds. The van der Waals surface area contributed by atoms with Gasteiger partial charge in [-0.1, -0.05) is 35.5 Å². The van der Waals surface area contributed by atoms with Crippen LogP contribution in [0.25, 0.3) is 11.1 Å². The van der Waals surface area contributed by atoms with Crippen LogP contribution in [0.1, 0.15) is 11.1 Å². The molecule has 0 spiro atoms. The summed E-state index contributed by atoms with van der Waals surface area (Å²) in [6.45, 7) is 0. The monoisotopic (exact) mass is 300 g/mol. The first-order chi connectivity index (χ1) is 9.74. The van der Waals surface area contributed by atoms with E-state index < -0.39 is 0 Å². The molecule has 0 saturated heterocycles. The van der Waals surface area contributed by atoms with Crippen molar-refractivity contribution in [3.05, 3.63) is 58.6 Å². The Bertz CT molecular complexity index is 807. The van der Waals surface area contributed by atoms with Crippen molar-refractivity contribution in [3.63, 3.8) is 0 Å². The van der Waals surface area contributed by atoms with Gasteiger partial charge in [-0.2, -0.15) is 5.26 Å². The zero-order chi connectivity index (χ0) is 13.9. The number of benzene rings is 2. The van der Waals surface area contributed by atoms with E-state index in [1.165, 1.54) is 11.8 Å². The van der Waals surface area contributed by atoms with Gasteiger partial charge in [-0.25, -0.2) is 4.98 Å². The van der Waals surface area contributed by atoms with Crippen LogP contribution in [0, 0.1) is 11.3 Å². The van der Waals surface area contributed by atoms with Crippen molar-refractivity contribution in [2.24, 2.45) is 0 Å². The summed E-state index contributed by atoms with van der Waals surface area (Å²) in [4.78, 5) is 4.38. The van der Waals surface area contributed by atoms with Crippen LogP contribution in [0.3, 0.4) is 0 Å². The molecule has 0 bridgehead atoms. The second-order valence-corrected chi connectivity index (χ2v) is 5.56. The van der Waals surface area contributed by atoms with Gasteiger partial charge < -0.3 is 4.42 Å². The van der Waals surface area contributed by atoms with Gasteiger partial charge in [-0.3, -0.25) is 0 Å². The molecule has 0 aliphatic heterocycles. The third-order valence-electron chi connectivity index (χ3n) is 2.75. The molecule has 0 aliphatic carbocycles. The molecule has 5 heteroatoms. The van der Waals surface area contributed by atoms with Crippen molar-refractivity contribution in [1.82, 2.24) is 4.98 Å². The molecule has 0 atom stereocenters. The molecule has 0 aliphatic rings. The molecule has 3 rings (SSSR count). The molecule has 0 saturated carbocycles. The van der Waals surface area contributed by atoms with E-state index in [1.807, 2.05) is 24.3 Å². The summed E-state index contributed by atoms with van der Waals surface area (Å²) in [6, 6.07) is 15.0. The van der Waals surface area contributed by atoms with E-state index in [-0.39, 0.29) is 0 Å². The van der Waals surface area contributed by atoms with Gasteiger partial charge in [0.15, 0.2) is 5.58 Å². The predicted octanol–water partition coefficient (Wildman–Crippen LogP) is 4.65. The summed E-state index contributed by atoms with van der Waals surface area (Å²) >= 11 is 7.40. The number of fused-ring (bicyclic) bond motifs is 1. The summed E-state index contributed by atoms with van der Waals surface area (Å²) in [5, 5.41) is 10.1. The number of nitrogens with zero attached hydrogens (tertiary/aromatic N) is 2. The lowest BCUT2D eigenvalue weighted by atomic mass is 10.2. The number of aromatic nitrogens is 1. The van der Waals surface area contributed by atoms with E-state index in [1.54, 1.807) is 18.2 Å². The van der Waals surface area contributed by atoms with Crippen molar-refractivity contribution < 1.29 is 4.42 Å². The molecule has 0 unspecified atom stereocenters. The van der Waals surface area contributed by atoms with Crippen LogP contribution in [-0.4, -0.2) is 4.98 Å². The molecule has 1 aromatic heterocycles. The van der Waals surface area contributed by atoms with E-state index >= 15 is 0 Å². The van der Waals surface area contributed by atoms with Crippen LogP contribution in [0.5, 0.6) is 0 Å². The number of hydrogen-bond acceptors (Lipinski definition) is 4. The summed E-state index contributed by atoms with van der Waals surface area (Å²) in [6.07, 6.45) is 0. The van der Waals surface area contributed by atoms with Gasteiger partial charge in [-0.05, 0) is 29.8 Å². The number of rotatable bonds is 3. The highest BCUT2D eigenvalue weighted by Crippen LogP contribution is 2.27. The number of nitriles is 1. The van der Waals surface area contributed by atoms with Crippen LogP contribution in [-0.2, 0) is 5.75 Å². The van der Waals surface area contributed by atoms with E-state index in [4.69, 9.17) is 21.3 Å². The molecule has 20 heavy (non-hydrogen) atoms. The fourth-order valence-electron chi connectivity index (χ4n) is 1.81. The maximum Gasteiger partial charge on any atom is 0.257 e. The largest absolute Gasteiger partial charge is 0.431 e. The SMILES string of the molecule is N#Cc1cccc(CSc2nc3ccc(Cl)cc3o2)c1. The minimum absolute atomic E-state index is 0.602. The standard InChI is InChI=1S/C15H9ClN2OS/c16-12-4-5-13-14(7-12)19-15(18-13)20-9-11-3-1-2-10(6-11)8-17/h1-7H,9H2. The van der Waals surface area contributed by atoms with Crippen molar-refractivity contribution in [3.8, 4) is 6.07 Å². The van der Waals surface area contributed by atoms with Gasteiger partial charge >= 0.3 is 0 Å². The van der Waals surface area contributed by atoms with Gasteiger partial charge in [0.1, 0.15) is 5.52 Å². The first-order valence-corrected chi connectivity index (χ1v) is 7.29. The van der Waals surface area contributed by atoms with E-state index in [9.17, 15) is 0 Å². The quantitative estimate of drug-likeness (QED) is 0.661. The van der Waals surface area contributed by atoms with Crippen LogP contribution in [0.2, 0.25) is 5.02 Å². The summed E-state index contributed by atoms with van der Waals surface area (Å²) in [7, 11) is 0. The van der Waals surface area contributed by atoms with Gasteiger partial charge in [0, 0.05) is 16.8 Å². The van der Waals surface area contributed by atoms with Crippen molar-refractivity contribution in [1.29, 1.82) is 5.26 Å². The summed E-state index contributed by atoms with van der Waals surface area (Å²) < 4.78 is 5.63. The smallest absolute Gasteiger partial charge is 0.257 e. The zero-order valence-electron chi connectivity index (χ0n) is 10.3. The number of thioether (sulfide) groups is 1. The van der Waals surface area contributed by atoms with Gasteiger partial charge in [0.2, 0.25) is 0 Å². The molecule has 0 N–H and O–H groups in total. The van der Waals surface area contributed by atoms with Crippen LogP contribution in [0.15, 0.2) is 52.1 Å². The molecule has 1 heterocycles. The predicted molar refractivity (Wildman–Crippen MR) is 79.7 cm³/mol. The third kappa shape index (κ3) is 2.79. The summed E-state index contributed by atoms with van der Waals surface area (Å²) in [5.41, 5.74) is 3.20. The normalized spacial score (nSPS) is 10.6. The Morgan fingerprint density at radius 2 is 2.15 bits per heavy atom. The van der Waals surface area contributed by atoms with Crippen molar-refractivity contribution >= 4 is 34.5 Å². The van der Waals surface area contributed by atoms with Crippen LogP contribution < -0.4 is 0 Å². The highest BCUT2D eigenvalue weighted by atomic mass is 35.5. The van der Waals surface area contributed by atoms with E-state index in [0.29, 0.717) is 27.1 Å². The van der Waals surface area contributed by atoms with E-state index in [2.05, 4.69) is 11.1 Å². The lowest BCUT2D eigenvalue weighted by molar-refractivity contribution is 0.489. The van der Waals surface area contributed by atoms with Gasteiger partial charge in [0.25, 0.3) is 5.22 Å². The van der Waals surface area contributed by atoms with E-state index in [0.717, 1.165) is 11.1 Å². The molecular formula is C15H9ClN2OS. The maximum atomic E-state index is 8.87. The molecule has 0 radical (unpaired) electrons. The molecule has 98 valence electrons. The Morgan fingerprint density at radius 1 is 1.25 bits per heavy atom. The molecule has 2 aromatic carbocycles. The fraction of sp³-hybridized carbons (Fsp3) is 0.0667. The molecule has 0 fully saturated rings. The topological polar surface area (TPSA) is 49.8 Å². The highest BCUT2D eigenvalue weighted by molar-refractivity contribution is 7.98. The first-order valence-electron chi connectivity index (χ1n) is 5.92. The number of oxazole rings is 1. The highest BCUT2D eigenvalue weighted by Gasteiger charge is 2.07. The fourth-order valence-corrected chi connectivity index (χ4v) is 2.76. The first kappa shape index (κ1) is 13.0. The number of halogens is 1. The van der Waals surface area contributed by atoms with Crippen molar-refractivity contribution in [2.75, 3.05) is 0 Å². The Labute approximate surface area is 125 Å². The van der Waals surface area contributed by atoms with Crippen molar-refractivity contribution in [2.45, 2.75) is 11.0 Å². The van der Waals surface area contributed by atoms with Gasteiger partial charge in [-0.15, -0.1) is 0 Å². The molecular weight excluding hydrogens is 292 g/mol. The van der Waals surface area contributed by atoms with Crippen LogP contribution >= 0.6 is 23.4 Å². The number of hydrogen-bond donors (Lipinski definition) is 0. The summed E-state index contributed by atoms with van der Waals surface area (Å²) in [5.74, 6) is 0.704. The second-order valence-electron chi connectivity index (χ2n) is 4.19. The van der Waals surface area contributed by atoms with Crippen LogP contribution in [0.4, 0.5) is 0 Å². The molecule has 3 aromatic rings. The maximum absolute atomic E-state index is 8.87. The zero-order valence-corrected chi connectivity index (χ0v) is 11.9. The second kappa shape index (κ2) is 5.58. The Kier molecular flexibility index (Phi) is 3.64. The average Bonchev–Trinajstić information content (AvgIpc) is 2.87. The minimum Gasteiger partial charge on any atom is -0.431 e. The Balaban J connectivity index is 1.78. The Morgan fingerprint density at radius 3 is 3.00 bits per heavy atom. The lowest BCUT2D eigenvalue weighted by Gasteiger charge is -1.98. The lowest BCUT2D eigenvalue weighted by Crippen LogP contribution is -1.82. The molecule has 3 nitrogen and oxygen atoms in total. The Hall–Kier alpha value is -1.96. The minimum atomic E-state index is 0.602. The van der Waals surface area contributed by atoms with Gasteiger partial charge in [0.05, 0.1) is 11.6 Å². The average molecular weight is 301 g/mol.